The summed E-state index contributed by atoms with van der Waals surface area (Å²) < 4.78 is 18.3. The van der Waals surface area contributed by atoms with Crippen molar-refractivity contribution in [2.24, 2.45) is 0 Å². The number of nitrogens with two attached hydrogens (primary N) is 1. The van der Waals surface area contributed by atoms with E-state index in [9.17, 15) is 9.18 Å². The van der Waals surface area contributed by atoms with Crippen LogP contribution >= 0.6 is 0 Å². The van der Waals surface area contributed by atoms with Gasteiger partial charge in [-0.25, -0.2) is 4.39 Å². The minimum Gasteiger partial charge on any atom is -0.492 e. The lowest BCUT2D eigenvalue weighted by Crippen LogP contribution is -2.28. The van der Waals surface area contributed by atoms with Crippen molar-refractivity contribution in [1.82, 2.24) is 10.3 Å². The molecule has 6 heteroatoms. The average Bonchev–Trinajstić information content (AvgIpc) is 2.43. The molecule has 1 amide bonds. The number of nitrogen functional groups attached to an aromatic ring is 1. The van der Waals surface area contributed by atoms with E-state index in [0.717, 1.165) is 12.3 Å². The summed E-state index contributed by atoms with van der Waals surface area (Å²) in [5, 5.41) is 2.61. The summed E-state index contributed by atoms with van der Waals surface area (Å²) in [7, 11) is 0. The highest BCUT2D eigenvalue weighted by molar-refractivity contribution is 5.93. The van der Waals surface area contributed by atoms with Gasteiger partial charge in [-0.15, -0.1) is 0 Å². The zero-order valence-corrected chi connectivity index (χ0v) is 10.7. The topological polar surface area (TPSA) is 77.2 Å². The molecular formula is C14H14FN3O2. The third-order valence-electron chi connectivity index (χ3n) is 2.48. The van der Waals surface area contributed by atoms with E-state index in [1.54, 1.807) is 24.3 Å². The monoisotopic (exact) mass is 275 g/mol. The maximum Gasteiger partial charge on any atom is 0.253 e. The van der Waals surface area contributed by atoms with E-state index in [2.05, 4.69) is 10.3 Å². The van der Waals surface area contributed by atoms with Gasteiger partial charge in [0.1, 0.15) is 18.2 Å². The highest BCUT2D eigenvalue weighted by Gasteiger charge is 2.06. The number of nitrogens with zero attached hydrogens (tertiary/aromatic N) is 1. The van der Waals surface area contributed by atoms with Gasteiger partial charge < -0.3 is 15.8 Å². The molecule has 20 heavy (non-hydrogen) atoms. The zero-order valence-electron chi connectivity index (χ0n) is 10.7. The second-order valence-corrected chi connectivity index (χ2v) is 4.07. The zero-order chi connectivity index (χ0) is 14.4. The van der Waals surface area contributed by atoms with Gasteiger partial charge in [0.25, 0.3) is 5.91 Å². The normalized spacial score (nSPS) is 10.1. The molecule has 5 nitrogen and oxygen atoms in total. The minimum absolute atomic E-state index is 0.175. The number of nitrogens with one attached hydrogen (secondary N) is 1. The summed E-state index contributed by atoms with van der Waals surface area (Å²) in [6.07, 6.45) is 2.34. The molecule has 0 saturated carbocycles. The summed E-state index contributed by atoms with van der Waals surface area (Å²) in [5.41, 5.74) is 6.39. The molecule has 0 saturated heterocycles. The third kappa shape index (κ3) is 3.94. The molecular weight excluding hydrogens is 261 g/mol. The number of carbonyl (C=O) groups excluding carboxylic acids is 1. The van der Waals surface area contributed by atoms with Crippen molar-refractivity contribution in [3.63, 3.8) is 0 Å². The lowest BCUT2D eigenvalue weighted by Gasteiger charge is -2.08. The summed E-state index contributed by atoms with van der Waals surface area (Å²) in [5.74, 6) is -0.312. The summed E-state index contributed by atoms with van der Waals surface area (Å²) in [6, 6.07) is 8.13. The number of hydrogen-bond acceptors (Lipinski definition) is 4. The van der Waals surface area contributed by atoms with E-state index in [1.165, 1.54) is 6.20 Å². The number of halogens is 1. The van der Waals surface area contributed by atoms with Crippen LogP contribution < -0.4 is 15.8 Å². The van der Waals surface area contributed by atoms with Gasteiger partial charge in [-0.1, -0.05) is 6.07 Å². The lowest BCUT2D eigenvalue weighted by molar-refractivity contribution is 0.0946. The van der Waals surface area contributed by atoms with Crippen LogP contribution in [0, 0.1) is 5.82 Å². The number of benzene rings is 1. The van der Waals surface area contributed by atoms with E-state index in [0.29, 0.717) is 18.0 Å². The Morgan fingerprint density at radius 2 is 2.20 bits per heavy atom. The molecule has 0 radical (unpaired) electrons. The molecule has 104 valence electrons. The smallest absolute Gasteiger partial charge is 0.253 e. The first kappa shape index (κ1) is 13.8. The van der Waals surface area contributed by atoms with Crippen LogP contribution in [0.15, 0.2) is 42.7 Å². The Kier molecular flexibility index (Phi) is 4.49. The van der Waals surface area contributed by atoms with Gasteiger partial charge in [-0.3, -0.25) is 9.78 Å². The molecule has 0 aliphatic carbocycles. The Bertz CT molecular complexity index is 604. The maximum atomic E-state index is 12.9. The first-order valence-corrected chi connectivity index (χ1v) is 6.02. The summed E-state index contributed by atoms with van der Waals surface area (Å²) >= 11 is 0. The number of rotatable bonds is 5. The predicted octanol–water partition coefficient (Wildman–Crippen LogP) is 1.61. The van der Waals surface area contributed by atoms with E-state index >= 15 is 0 Å². The maximum absolute atomic E-state index is 12.9. The SMILES string of the molecule is Nc1cccc(OCCNC(=O)c2cncc(F)c2)c1. The first-order valence-electron chi connectivity index (χ1n) is 6.02. The van der Waals surface area contributed by atoms with Gasteiger partial charge in [0.05, 0.1) is 18.3 Å². The molecule has 1 aromatic heterocycles. The molecule has 0 aliphatic rings. The Morgan fingerprint density at radius 1 is 1.35 bits per heavy atom. The Balaban J connectivity index is 1.77. The third-order valence-corrected chi connectivity index (χ3v) is 2.48. The van der Waals surface area contributed by atoms with Crippen molar-refractivity contribution < 1.29 is 13.9 Å². The summed E-state index contributed by atoms with van der Waals surface area (Å²) in [4.78, 5) is 15.3. The molecule has 0 bridgehead atoms. The van der Waals surface area contributed by atoms with Crippen LogP contribution in [0.2, 0.25) is 0 Å². The van der Waals surface area contributed by atoms with Gasteiger partial charge in [0, 0.05) is 18.0 Å². The van der Waals surface area contributed by atoms with Crippen LogP contribution in [-0.4, -0.2) is 24.0 Å². The first-order chi connectivity index (χ1) is 9.65. The van der Waals surface area contributed by atoms with Crippen LogP contribution in [0.25, 0.3) is 0 Å². The van der Waals surface area contributed by atoms with E-state index in [-0.39, 0.29) is 12.2 Å². The van der Waals surface area contributed by atoms with E-state index in [1.807, 2.05) is 0 Å². The van der Waals surface area contributed by atoms with Crippen molar-refractivity contribution >= 4 is 11.6 Å². The van der Waals surface area contributed by atoms with Crippen LogP contribution in [-0.2, 0) is 0 Å². The van der Waals surface area contributed by atoms with Crippen LogP contribution in [0.5, 0.6) is 5.75 Å². The molecule has 2 rings (SSSR count). The Hall–Kier alpha value is -2.63. The fourth-order valence-electron chi connectivity index (χ4n) is 1.58. The molecule has 3 N–H and O–H groups in total. The molecule has 0 fully saturated rings. The van der Waals surface area contributed by atoms with Crippen molar-refractivity contribution in [2.75, 3.05) is 18.9 Å². The molecule has 1 aromatic carbocycles. The fourth-order valence-corrected chi connectivity index (χ4v) is 1.58. The highest BCUT2D eigenvalue weighted by atomic mass is 19.1. The molecule has 2 aromatic rings. The largest absolute Gasteiger partial charge is 0.492 e. The molecule has 0 aliphatic heterocycles. The molecule has 1 heterocycles. The van der Waals surface area contributed by atoms with Crippen LogP contribution in [0.4, 0.5) is 10.1 Å². The van der Waals surface area contributed by atoms with Crippen molar-refractivity contribution in [2.45, 2.75) is 0 Å². The fraction of sp³-hybridized carbons (Fsp3) is 0.143. The Morgan fingerprint density at radius 3 is 2.95 bits per heavy atom. The number of amides is 1. The molecule has 0 spiro atoms. The average molecular weight is 275 g/mol. The number of ether oxygens (including phenoxy) is 1. The Labute approximate surface area is 115 Å². The molecule has 0 atom stereocenters. The number of anilines is 1. The van der Waals surface area contributed by atoms with Crippen molar-refractivity contribution in [3.05, 3.63) is 54.1 Å². The number of pyridine rings is 1. The molecule has 0 unspecified atom stereocenters. The van der Waals surface area contributed by atoms with Crippen LogP contribution in [0.3, 0.4) is 0 Å². The van der Waals surface area contributed by atoms with Gasteiger partial charge in [-0.2, -0.15) is 0 Å². The van der Waals surface area contributed by atoms with Gasteiger partial charge in [0.2, 0.25) is 0 Å². The van der Waals surface area contributed by atoms with Gasteiger partial charge >= 0.3 is 0 Å². The van der Waals surface area contributed by atoms with Crippen molar-refractivity contribution in [3.8, 4) is 5.75 Å². The summed E-state index contributed by atoms with van der Waals surface area (Å²) in [6.45, 7) is 0.585. The van der Waals surface area contributed by atoms with E-state index < -0.39 is 11.7 Å². The second-order valence-electron chi connectivity index (χ2n) is 4.07. The van der Waals surface area contributed by atoms with Gasteiger partial charge in [0.15, 0.2) is 0 Å². The number of carbonyl (C=O) groups is 1. The second kappa shape index (κ2) is 6.51. The standard InChI is InChI=1S/C14H14FN3O2/c15-11-6-10(8-17-9-11)14(19)18-4-5-20-13-3-1-2-12(16)7-13/h1-3,6-9H,4-5,16H2,(H,18,19). The predicted molar refractivity (Wildman–Crippen MR) is 72.9 cm³/mol. The van der Waals surface area contributed by atoms with Gasteiger partial charge in [-0.05, 0) is 18.2 Å². The minimum atomic E-state index is -0.548. The van der Waals surface area contributed by atoms with Crippen molar-refractivity contribution in [1.29, 1.82) is 0 Å². The quantitative estimate of drug-likeness (QED) is 0.642. The number of hydrogen-bond donors (Lipinski definition) is 2. The lowest BCUT2D eigenvalue weighted by atomic mass is 10.2. The highest BCUT2D eigenvalue weighted by Crippen LogP contribution is 2.13. The number of aromatic nitrogens is 1. The van der Waals surface area contributed by atoms with Crippen LogP contribution in [0.1, 0.15) is 10.4 Å². The van der Waals surface area contributed by atoms with E-state index in [4.69, 9.17) is 10.5 Å².